The molecular weight excluding hydrogens is 384 g/mol. The summed E-state index contributed by atoms with van der Waals surface area (Å²) in [6.07, 6.45) is 4.78. The first-order chi connectivity index (χ1) is 14.1. The molecule has 0 unspecified atom stereocenters. The largest absolute Gasteiger partial charge is 0.368 e. The van der Waals surface area contributed by atoms with Gasteiger partial charge in [-0.2, -0.15) is 0 Å². The van der Waals surface area contributed by atoms with Crippen LogP contribution in [-0.4, -0.2) is 27.3 Å². The second-order valence-corrected chi connectivity index (χ2v) is 7.70. The summed E-state index contributed by atoms with van der Waals surface area (Å²) in [5.74, 6) is 0.372. The van der Waals surface area contributed by atoms with Crippen molar-refractivity contribution in [3.05, 3.63) is 77.1 Å². The molecule has 4 rings (SSSR count). The van der Waals surface area contributed by atoms with Crippen LogP contribution in [0.15, 0.2) is 60.8 Å². The summed E-state index contributed by atoms with van der Waals surface area (Å²) >= 11 is 6.04. The Bertz CT molecular complexity index is 992. The Balaban J connectivity index is 1.59. The van der Waals surface area contributed by atoms with Crippen LogP contribution in [0.25, 0.3) is 11.1 Å². The maximum Gasteiger partial charge on any atom is 0.223 e. The van der Waals surface area contributed by atoms with E-state index < -0.39 is 0 Å². The van der Waals surface area contributed by atoms with Gasteiger partial charge in [0.25, 0.3) is 0 Å². The molecule has 29 heavy (non-hydrogen) atoms. The van der Waals surface area contributed by atoms with Crippen molar-refractivity contribution in [2.45, 2.75) is 31.7 Å². The summed E-state index contributed by atoms with van der Waals surface area (Å²) in [6.45, 7) is 0.738. The summed E-state index contributed by atoms with van der Waals surface area (Å²) in [5.41, 5.74) is 9.75. The highest BCUT2D eigenvalue weighted by Crippen LogP contribution is 2.37. The highest BCUT2D eigenvalue weighted by Gasteiger charge is 2.32. The molecule has 0 aliphatic carbocycles. The first-order valence-electron chi connectivity index (χ1n) is 9.83. The average molecular weight is 407 g/mol. The van der Waals surface area contributed by atoms with Gasteiger partial charge in [-0.3, -0.25) is 4.79 Å². The third kappa shape index (κ3) is 4.40. The molecule has 1 aliphatic heterocycles. The number of carbonyl (C=O) groups is 1. The van der Waals surface area contributed by atoms with Crippen molar-refractivity contribution in [2.24, 2.45) is 0 Å². The second kappa shape index (κ2) is 8.62. The lowest BCUT2D eigenvalue weighted by Crippen LogP contribution is -2.31. The zero-order valence-electron chi connectivity index (χ0n) is 16.1. The topological polar surface area (TPSA) is 72.1 Å². The molecule has 5 nitrogen and oxygen atoms in total. The van der Waals surface area contributed by atoms with Gasteiger partial charge in [0, 0.05) is 29.7 Å². The lowest BCUT2D eigenvalue weighted by molar-refractivity contribution is -0.132. The number of rotatable bonds is 5. The van der Waals surface area contributed by atoms with E-state index in [1.54, 1.807) is 6.20 Å². The van der Waals surface area contributed by atoms with Gasteiger partial charge in [0.1, 0.15) is 0 Å². The van der Waals surface area contributed by atoms with Gasteiger partial charge in [0.15, 0.2) is 0 Å². The number of halogens is 1. The van der Waals surface area contributed by atoms with Crippen LogP contribution in [0.1, 0.15) is 36.6 Å². The Morgan fingerprint density at radius 3 is 2.66 bits per heavy atom. The van der Waals surface area contributed by atoms with Crippen molar-refractivity contribution in [3.8, 4) is 11.1 Å². The number of hydrogen-bond donors (Lipinski definition) is 1. The third-order valence-electron chi connectivity index (χ3n) is 5.35. The fourth-order valence-electron chi connectivity index (χ4n) is 3.90. The zero-order chi connectivity index (χ0) is 20.2. The van der Waals surface area contributed by atoms with Crippen molar-refractivity contribution < 1.29 is 4.79 Å². The minimum Gasteiger partial charge on any atom is -0.368 e. The molecular formula is C23H23ClN4O. The standard InChI is InChI=1S/C23H23ClN4O/c24-18-11-9-17(10-12-18)19-15-26-23(25)27-22(19)20-7-4-14-28(20)21(29)13-8-16-5-2-1-3-6-16/h1-3,5-6,9-12,15,20H,4,7-8,13-14H2,(H2,25,26,27)/t20-/m0/s1. The Morgan fingerprint density at radius 1 is 1.14 bits per heavy atom. The Hall–Kier alpha value is -2.92. The smallest absolute Gasteiger partial charge is 0.223 e. The van der Waals surface area contributed by atoms with Gasteiger partial charge < -0.3 is 10.6 Å². The number of benzene rings is 2. The molecule has 0 bridgehead atoms. The van der Waals surface area contributed by atoms with Crippen LogP contribution in [0.4, 0.5) is 5.95 Å². The monoisotopic (exact) mass is 406 g/mol. The van der Waals surface area contributed by atoms with Crippen molar-refractivity contribution in [2.75, 3.05) is 12.3 Å². The molecule has 0 spiro atoms. The van der Waals surface area contributed by atoms with Gasteiger partial charge in [-0.1, -0.05) is 54.1 Å². The minimum absolute atomic E-state index is 0.0887. The van der Waals surface area contributed by atoms with E-state index in [0.29, 0.717) is 11.4 Å². The molecule has 6 heteroatoms. The van der Waals surface area contributed by atoms with Crippen LogP contribution in [0.3, 0.4) is 0 Å². The molecule has 1 fully saturated rings. The highest BCUT2D eigenvalue weighted by atomic mass is 35.5. The molecule has 1 aromatic heterocycles. The molecule has 1 amide bonds. The highest BCUT2D eigenvalue weighted by molar-refractivity contribution is 6.30. The fourth-order valence-corrected chi connectivity index (χ4v) is 4.03. The predicted molar refractivity (Wildman–Crippen MR) is 115 cm³/mol. The molecule has 2 N–H and O–H groups in total. The van der Waals surface area contributed by atoms with E-state index in [1.807, 2.05) is 47.4 Å². The Labute approximate surface area is 175 Å². The minimum atomic E-state index is -0.0887. The van der Waals surface area contributed by atoms with Crippen LogP contribution >= 0.6 is 11.6 Å². The molecule has 1 aliphatic rings. The van der Waals surface area contributed by atoms with E-state index in [2.05, 4.69) is 22.1 Å². The predicted octanol–water partition coefficient (Wildman–Crippen LogP) is 4.68. The molecule has 2 aromatic carbocycles. The number of anilines is 1. The number of carbonyl (C=O) groups excluding carboxylic acids is 1. The van der Waals surface area contributed by atoms with Crippen molar-refractivity contribution >= 4 is 23.5 Å². The number of nitrogens with two attached hydrogens (primary N) is 1. The summed E-state index contributed by atoms with van der Waals surface area (Å²) in [5, 5.41) is 0.672. The van der Waals surface area contributed by atoms with Gasteiger partial charge in [0.05, 0.1) is 11.7 Å². The van der Waals surface area contributed by atoms with Gasteiger partial charge in [-0.15, -0.1) is 0 Å². The first-order valence-corrected chi connectivity index (χ1v) is 10.2. The number of likely N-dealkylation sites (tertiary alicyclic amines) is 1. The van der Waals surface area contributed by atoms with Crippen molar-refractivity contribution in [1.82, 2.24) is 14.9 Å². The zero-order valence-corrected chi connectivity index (χ0v) is 16.8. The number of nitrogens with zero attached hydrogens (tertiary/aromatic N) is 3. The summed E-state index contributed by atoms with van der Waals surface area (Å²) in [7, 11) is 0. The normalized spacial score (nSPS) is 16.2. The maximum absolute atomic E-state index is 13.0. The molecule has 0 saturated carbocycles. The van der Waals surface area contributed by atoms with Crippen molar-refractivity contribution in [3.63, 3.8) is 0 Å². The molecule has 0 radical (unpaired) electrons. The van der Waals surface area contributed by atoms with E-state index >= 15 is 0 Å². The summed E-state index contributed by atoms with van der Waals surface area (Å²) < 4.78 is 0. The summed E-state index contributed by atoms with van der Waals surface area (Å²) in [6, 6.07) is 17.6. The molecule has 1 atom stereocenters. The summed E-state index contributed by atoms with van der Waals surface area (Å²) in [4.78, 5) is 23.7. The van der Waals surface area contributed by atoms with Gasteiger partial charge in [-0.25, -0.2) is 9.97 Å². The molecule has 2 heterocycles. The quantitative estimate of drug-likeness (QED) is 0.667. The number of hydrogen-bond acceptors (Lipinski definition) is 4. The van der Waals surface area contributed by atoms with E-state index in [4.69, 9.17) is 17.3 Å². The number of aromatic nitrogens is 2. The lowest BCUT2D eigenvalue weighted by Gasteiger charge is -2.26. The maximum atomic E-state index is 13.0. The number of amides is 1. The first kappa shape index (κ1) is 19.4. The van der Waals surface area contributed by atoms with Crippen molar-refractivity contribution in [1.29, 1.82) is 0 Å². The van der Waals surface area contributed by atoms with Crippen LogP contribution in [0.2, 0.25) is 5.02 Å². The Kier molecular flexibility index (Phi) is 5.76. The van der Waals surface area contributed by atoms with Gasteiger partial charge in [0.2, 0.25) is 11.9 Å². The second-order valence-electron chi connectivity index (χ2n) is 7.26. The molecule has 3 aromatic rings. The van der Waals surface area contributed by atoms with E-state index in [1.165, 1.54) is 5.56 Å². The van der Waals surface area contributed by atoms with E-state index in [0.717, 1.165) is 42.6 Å². The van der Waals surface area contributed by atoms with Crippen LogP contribution in [-0.2, 0) is 11.2 Å². The van der Waals surface area contributed by atoms with Crippen LogP contribution < -0.4 is 5.73 Å². The van der Waals surface area contributed by atoms with Crippen LogP contribution in [0.5, 0.6) is 0 Å². The fraction of sp³-hybridized carbons (Fsp3) is 0.261. The SMILES string of the molecule is Nc1ncc(-c2ccc(Cl)cc2)c([C@@H]2CCCN2C(=O)CCc2ccccc2)n1. The third-order valence-corrected chi connectivity index (χ3v) is 5.60. The van der Waals surface area contributed by atoms with Crippen LogP contribution in [0, 0.1) is 0 Å². The lowest BCUT2D eigenvalue weighted by atomic mass is 9.99. The number of aryl methyl sites for hydroxylation is 1. The molecule has 148 valence electrons. The average Bonchev–Trinajstić information content (AvgIpc) is 3.23. The van der Waals surface area contributed by atoms with Gasteiger partial charge in [-0.05, 0) is 42.5 Å². The van der Waals surface area contributed by atoms with E-state index in [-0.39, 0.29) is 17.9 Å². The van der Waals surface area contributed by atoms with E-state index in [9.17, 15) is 4.79 Å². The Morgan fingerprint density at radius 2 is 1.90 bits per heavy atom. The number of nitrogen functional groups attached to an aromatic ring is 1. The van der Waals surface area contributed by atoms with Gasteiger partial charge >= 0.3 is 0 Å². The molecule has 1 saturated heterocycles.